The smallest absolute Gasteiger partial charge is 0.171 e. The predicted molar refractivity (Wildman–Crippen MR) is 78.3 cm³/mol. The number of Topliss-reactive ketones (excluding diaryl/α,β-unsaturated/α-hetero) is 1. The lowest BCUT2D eigenvalue weighted by molar-refractivity contribution is -0.209. The van der Waals surface area contributed by atoms with Gasteiger partial charge in [-0.05, 0) is 62.2 Å². The van der Waals surface area contributed by atoms with Crippen molar-refractivity contribution in [3.63, 3.8) is 0 Å². The van der Waals surface area contributed by atoms with Gasteiger partial charge < -0.3 is 4.74 Å². The van der Waals surface area contributed by atoms with Gasteiger partial charge in [-0.2, -0.15) is 0 Å². The molecule has 2 heteroatoms. The zero-order valence-corrected chi connectivity index (χ0v) is 13.1. The van der Waals surface area contributed by atoms with Crippen molar-refractivity contribution >= 4 is 5.78 Å². The molecule has 0 saturated heterocycles. The van der Waals surface area contributed by atoms with E-state index < -0.39 is 5.60 Å². The van der Waals surface area contributed by atoms with Crippen LogP contribution in [0, 0.1) is 22.2 Å². The lowest BCUT2D eigenvalue weighted by Crippen LogP contribution is -2.67. The Morgan fingerprint density at radius 3 is 2.70 bits per heavy atom. The van der Waals surface area contributed by atoms with Crippen LogP contribution in [0.2, 0.25) is 0 Å². The number of ketones is 1. The molecule has 5 atom stereocenters. The SMILES string of the molecule is C=C(C)C1C[C@@]2(C)C(=O)[C@]3(OC)CC[C@]24CCC[C@]14C3. The van der Waals surface area contributed by atoms with Crippen LogP contribution in [-0.2, 0) is 9.53 Å². The van der Waals surface area contributed by atoms with E-state index in [-0.39, 0.29) is 10.8 Å². The molecule has 0 aliphatic heterocycles. The zero-order chi connectivity index (χ0) is 14.4. The molecule has 1 spiro atoms. The molecule has 5 rings (SSSR count). The summed E-state index contributed by atoms with van der Waals surface area (Å²) in [7, 11) is 1.75. The molecule has 0 heterocycles. The first-order chi connectivity index (χ1) is 9.38. The molecule has 1 unspecified atom stereocenters. The number of methoxy groups -OCH3 is 1. The highest BCUT2D eigenvalue weighted by atomic mass is 16.5. The Hall–Kier alpha value is -0.630. The second kappa shape index (κ2) is 3.40. The highest BCUT2D eigenvalue weighted by molar-refractivity contribution is 5.96. The third-order valence-electron chi connectivity index (χ3n) is 7.97. The minimum Gasteiger partial charge on any atom is -0.370 e. The Morgan fingerprint density at radius 2 is 2.05 bits per heavy atom. The average Bonchev–Trinajstić information content (AvgIpc) is 2.88. The summed E-state index contributed by atoms with van der Waals surface area (Å²) >= 11 is 0. The maximum Gasteiger partial charge on any atom is 0.171 e. The van der Waals surface area contributed by atoms with Crippen LogP contribution in [0.3, 0.4) is 0 Å². The summed E-state index contributed by atoms with van der Waals surface area (Å²) in [4.78, 5) is 13.3. The third kappa shape index (κ3) is 0.996. The second-order valence-electron chi connectivity index (χ2n) is 8.23. The van der Waals surface area contributed by atoms with E-state index in [1.807, 2.05) is 0 Å². The molecule has 0 aromatic carbocycles. The van der Waals surface area contributed by atoms with Crippen molar-refractivity contribution in [1.82, 2.24) is 0 Å². The number of ether oxygens (including phenoxy) is 1. The maximum absolute atomic E-state index is 13.3. The fourth-order valence-corrected chi connectivity index (χ4v) is 7.29. The highest BCUT2D eigenvalue weighted by Crippen LogP contribution is 2.83. The Labute approximate surface area is 122 Å². The van der Waals surface area contributed by atoms with Gasteiger partial charge in [-0.1, -0.05) is 25.5 Å². The highest BCUT2D eigenvalue weighted by Gasteiger charge is 2.82. The van der Waals surface area contributed by atoms with Crippen molar-refractivity contribution in [3.8, 4) is 0 Å². The van der Waals surface area contributed by atoms with Crippen LogP contribution in [0.25, 0.3) is 0 Å². The Kier molecular flexibility index (Phi) is 2.22. The molecule has 110 valence electrons. The minimum absolute atomic E-state index is 0.167. The van der Waals surface area contributed by atoms with E-state index in [1.54, 1.807) is 7.11 Å². The molecule has 0 aromatic heterocycles. The van der Waals surface area contributed by atoms with Gasteiger partial charge in [0.15, 0.2) is 5.78 Å². The van der Waals surface area contributed by atoms with Crippen LogP contribution >= 0.6 is 0 Å². The summed E-state index contributed by atoms with van der Waals surface area (Å²) in [5.41, 5.74) is 1.20. The summed E-state index contributed by atoms with van der Waals surface area (Å²) < 4.78 is 5.87. The molecule has 0 N–H and O–H groups in total. The maximum atomic E-state index is 13.3. The number of carbonyl (C=O) groups excluding carboxylic acids is 1. The van der Waals surface area contributed by atoms with Gasteiger partial charge in [0.1, 0.15) is 5.60 Å². The van der Waals surface area contributed by atoms with Gasteiger partial charge in [-0.3, -0.25) is 4.79 Å². The van der Waals surface area contributed by atoms with E-state index in [2.05, 4.69) is 20.4 Å². The molecule has 2 nitrogen and oxygen atoms in total. The zero-order valence-electron chi connectivity index (χ0n) is 13.1. The van der Waals surface area contributed by atoms with Crippen LogP contribution in [0.15, 0.2) is 12.2 Å². The number of allylic oxidation sites excluding steroid dienone is 1. The monoisotopic (exact) mass is 274 g/mol. The molecule has 0 aromatic rings. The van der Waals surface area contributed by atoms with E-state index in [0.29, 0.717) is 17.1 Å². The van der Waals surface area contributed by atoms with Crippen molar-refractivity contribution in [2.75, 3.05) is 7.11 Å². The quantitative estimate of drug-likeness (QED) is 0.714. The fraction of sp³-hybridized carbons (Fsp3) is 0.833. The summed E-state index contributed by atoms with van der Waals surface area (Å²) in [6.07, 6.45) is 7.92. The first kappa shape index (κ1) is 13.1. The fourth-order valence-electron chi connectivity index (χ4n) is 7.29. The predicted octanol–water partition coefficient (Wildman–Crippen LogP) is 3.90. The van der Waals surface area contributed by atoms with Gasteiger partial charge >= 0.3 is 0 Å². The summed E-state index contributed by atoms with van der Waals surface area (Å²) in [6, 6.07) is 0. The second-order valence-corrected chi connectivity index (χ2v) is 8.23. The molecule has 5 fully saturated rings. The first-order valence-electron chi connectivity index (χ1n) is 8.13. The van der Waals surface area contributed by atoms with E-state index in [0.717, 1.165) is 19.3 Å². The lowest BCUT2D eigenvalue weighted by Gasteiger charge is -2.64. The number of carbonyl (C=O) groups is 1. The number of hydrogen-bond donors (Lipinski definition) is 0. The third-order valence-corrected chi connectivity index (χ3v) is 7.97. The average molecular weight is 274 g/mol. The van der Waals surface area contributed by atoms with E-state index in [4.69, 9.17) is 4.74 Å². The van der Waals surface area contributed by atoms with Crippen LogP contribution in [0.4, 0.5) is 0 Å². The molecule has 20 heavy (non-hydrogen) atoms. The molecule has 4 bridgehead atoms. The van der Waals surface area contributed by atoms with Crippen molar-refractivity contribution in [2.45, 2.75) is 64.4 Å². The van der Waals surface area contributed by atoms with Crippen molar-refractivity contribution in [1.29, 1.82) is 0 Å². The summed E-state index contributed by atoms with van der Waals surface area (Å²) in [5.74, 6) is 0.941. The molecule has 5 aliphatic carbocycles. The van der Waals surface area contributed by atoms with Gasteiger partial charge in [0.25, 0.3) is 0 Å². The van der Waals surface area contributed by atoms with Gasteiger partial charge in [0, 0.05) is 12.5 Å². The Balaban J connectivity index is 1.98. The van der Waals surface area contributed by atoms with Gasteiger partial charge in [-0.15, -0.1) is 0 Å². The van der Waals surface area contributed by atoms with E-state index >= 15 is 0 Å². The molecular weight excluding hydrogens is 248 g/mol. The summed E-state index contributed by atoms with van der Waals surface area (Å²) in [6.45, 7) is 8.71. The van der Waals surface area contributed by atoms with Gasteiger partial charge in [-0.25, -0.2) is 0 Å². The normalized spacial score (nSPS) is 56.1. The Morgan fingerprint density at radius 1 is 1.30 bits per heavy atom. The molecule has 0 radical (unpaired) electrons. The van der Waals surface area contributed by atoms with Crippen molar-refractivity contribution in [2.24, 2.45) is 22.2 Å². The van der Waals surface area contributed by atoms with Crippen LogP contribution in [0.5, 0.6) is 0 Å². The number of rotatable bonds is 2. The van der Waals surface area contributed by atoms with Gasteiger partial charge in [0.05, 0.1) is 0 Å². The van der Waals surface area contributed by atoms with Crippen molar-refractivity contribution in [3.05, 3.63) is 12.2 Å². The van der Waals surface area contributed by atoms with Crippen LogP contribution < -0.4 is 0 Å². The first-order valence-corrected chi connectivity index (χ1v) is 8.13. The largest absolute Gasteiger partial charge is 0.370 e. The van der Waals surface area contributed by atoms with Crippen molar-refractivity contribution < 1.29 is 9.53 Å². The standard InChI is InChI=1S/C18H26O2/c1-12(2)13-10-15(3)14(19)17(20-4)8-9-18(15)7-5-6-16(13,18)11-17/h13H,1,5-11H2,2-4H3/t13?,15-,16-,17-,18+/m0/s1. The van der Waals surface area contributed by atoms with Crippen LogP contribution in [-0.4, -0.2) is 18.5 Å². The molecule has 5 saturated carbocycles. The molecule has 0 amide bonds. The lowest BCUT2D eigenvalue weighted by atomic mass is 9.41. The number of fused-ring (bicyclic) bond motifs is 1. The topological polar surface area (TPSA) is 26.3 Å². The van der Waals surface area contributed by atoms with Gasteiger partial charge in [0.2, 0.25) is 0 Å². The Bertz CT molecular complexity index is 524. The van der Waals surface area contributed by atoms with E-state index in [1.165, 1.54) is 31.3 Å². The van der Waals surface area contributed by atoms with E-state index in [9.17, 15) is 4.79 Å². The number of hydrogen-bond acceptors (Lipinski definition) is 2. The van der Waals surface area contributed by atoms with Crippen LogP contribution in [0.1, 0.15) is 58.8 Å². The summed E-state index contributed by atoms with van der Waals surface area (Å²) in [5, 5.41) is 0. The molecule has 5 aliphatic rings. The molecular formula is C18H26O2. The minimum atomic E-state index is -0.481.